The van der Waals surface area contributed by atoms with Gasteiger partial charge in [-0.25, -0.2) is 4.79 Å². The van der Waals surface area contributed by atoms with Crippen molar-refractivity contribution in [3.05, 3.63) is 33.8 Å². The Bertz CT molecular complexity index is 465. The van der Waals surface area contributed by atoms with Gasteiger partial charge >= 0.3 is 6.03 Å². The van der Waals surface area contributed by atoms with Gasteiger partial charge in [-0.3, -0.25) is 0 Å². The van der Waals surface area contributed by atoms with E-state index in [1.54, 1.807) is 12.1 Å². The van der Waals surface area contributed by atoms with Crippen molar-refractivity contribution in [2.45, 2.75) is 12.6 Å². The molecule has 0 spiro atoms. The predicted octanol–water partition coefficient (Wildman–Crippen LogP) is 1.78. The fourth-order valence-electron chi connectivity index (χ4n) is 1.88. The van der Waals surface area contributed by atoms with Crippen molar-refractivity contribution in [1.82, 2.24) is 16.0 Å². The van der Waals surface area contributed by atoms with Crippen molar-refractivity contribution >= 4 is 29.2 Å². The number of rotatable bonds is 4. The van der Waals surface area contributed by atoms with Crippen LogP contribution in [0.15, 0.2) is 18.2 Å². The zero-order valence-electron chi connectivity index (χ0n) is 10.9. The molecule has 1 atom stereocenters. The summed E-state index contributed by atoms with van der Waals surface area (Å²) < 4.78 is 5.48. The molecule has 0 bridgehead atoms. The number of hydrogen-bond donors (Lipinski definition) is 3. The third-order valence-corrected chi connectivity index (χ3v) is 3.82. The Morgan fingerprint density at radius 1 is 1.40 bits per heavy atom. The van der Waals surface area contributed by atoms with E-state index in [4.69, 9.17) is 27.9 Å². The Hall–Kier alpha value is -1.01. The number of carbonyl (C=O) groups is 1. The van der Waals surface area contributed by atoms with Gasteiger partial charge < -0.3 is 20.7 Å². The molecule has 1 aliphatic heterocycles. The molecule has 0 saturated carbocycles. The molecular formula is C13H17Cl2N3O2. The molecule has 5 nitrogen and oxygen atoms in total. The number of amides is 2. The van der Waals surface area contributed by atoms with Crippen LogP contribution >= 0.6 is 23.2 Å². The number of urea groups is 1. The highest BCUT2D eigenvalue weighted by Crippen LogP contribution is 2.25. The summed E-state index contributed by atoms with van der Waals surface area (Å²) in [4.78, 5) is 11.7. The monoisotopic (exact) mass is 317 g/mol. The largest absolute Gasteiger partial charge is 0.374 e. The van der Waals surface area contributed by atoms with Crippen molar-refractivity contribution in [3.8, 4) is 0 Å². The summed E-state index contributed by atoms with van der Waals surface area (Å²) >= 11 is 12.0. The molecule has 3 N–H and O–H groups in total. The van der Waals surface area contributed by atoms with Crippen molar-refractivity contribution in [3.63, 3.8) is 0 Å². The summed E-state index contributed by atoms with van der Waals surface area (Å²) in [6.45, 7) is 3.08. The summed E-state index contributed by atoms with van der Waals surface area (Å²) in [6, 6.07) is 5.07. The maximum absolute atomic E-state index is 11.7. The summed E-state index contributed by atoms with van der Waals surface area (Å²) in [7, 11) is 0. The van der Waals surface area contributed by atoms with Gasteiger partial charge in [0, 0.05) is 26.2 Å². The minimum atomic E-state index is -0.254. The lowest BCUT2D eigenvalue weighted by Crippen LogP contribution is -2.47. The average molecular weight is 318 g/mol. The van der Waals surface area contributed by atoms with Gasteiger partial charge in [0.25, 0.3) is 0 Å². The van der Waals surface area contributed by atoms with Crippen LogP contribution in [-0.4, -0.2) is 38.4 Å². The first kappa shape index (κ1) is 15.4. The Morgan fingerprint density at radius 2 is 2.25 bits per heavy atom. The SMILES string of the molecule is O=C(NCc1cccc(Cl)c1Cl)NC[C@@H]1CNCCO1. The molecule has 0 aromatic heterocycles. The fraction of sp³-hybridized carbons (Fsp3) is 0.462. The zero-order valence-corrected chi connectivity index (χ0v) is 12.4. The second kappa shape index (κ2) is 7.69. The minimum Gasteiger partial charge on any atom is -0.374 e. The molecule has 0 radical (unpaired) electrons. The second-order valence-electron chi connectivity index (χ2n) is 4.47. The van der Waals surface area contributed by atoms with Crippen LogP contribution in [0.2, 0.25) is 10.0 Å². The Labute approximate surface area is 128 Å². The molecule has 0 unspecified atom stereocenters. The zero-order chi connectivity index (χ0) is 14.4. The van der Waals surface area contributed by atoms with E-state index in [-0.39, 0.29) is 12.1 Å². The van der Waals surface area contributed by atoms with Crippen LogP contribution in [0.5, 0.6) is 0 Å². The number of benzene rings is 1. The van der Waals surface area contributed by atoms with Crippen LogP contribution in [0.25, 0.3) is 0 Å². The molecule has 1 aliphatic rings. The summed E-state index contributed by atoms with van der Waals surface area (Å²) in [5.74, 6) is 0. The van der Waals surface area contributed by atoms with Gasteiger partial charge in [0.15, 0.2) is 0 Å². The maximum Gasteiger partial charge on any atom is 0.315 e. The fourth-order valence-corrected chi connectivity index (χ4v) is 2.27. The van der Waals surface area contributed by atoms with Crippen LogP contribution in [0.1, 0.15) is 5.56 Å². The first-order valence-corrected chi connectivity index (χ1v) is 7.19. The van der Waals surface area contributed by atoms with Gasteiger partial charge in [-0.2, -0.15) is 0 Å². The number of morpholine rings is 1. The van der Waals surface area contributed by atoms with E-state index >= 15 is 0 Å². The normalized spacial score (nSPS) is 18.6. The Morgan fingerprint density at radius 3 is 3.00 bits per heavy atom. The van der Waals surface area contributed by atoms with Gasteiger partial charge in [0.1, 0.15) is 0 Å². The summed E-state index contributed by atoms with van der Waals surface area (Å²) in [6.07, 6.45) is 0.0178. The van der Waals surface area contributed by atoms with E-state index in [1.165, 1.54) is 0 Å². The summed E-state index contributed by atoms with van der Waals surface area (Å²) in [5.41, 5.74) is 0.782. The molecular weight excluding hydrogens is 301 g/mol. The smallest absolute Gasteiger partial charge is 0.315 e. The molecule has 1 aromatic rings. The maximum atomic E-state index is 11.7. The van der Waals surface area contributed by atoms with Gasteiger partial charge in [0.2, 0.25) is 0 Å². The lowest BCUT2D eigenvalue weighted by molar-refractivity contribution is 0.0307. The molecule has 0 aliphatic carbocycles. The number of carbonyl (C=O) groups excluding carboxylic acids is 1. The minimum absolute atomic E-state index is 0.0178. The van der Waals surface area contributed by atoms with E-state index in [1.807, 2.05) is 6.07 Å². The van der Waals surface area contributed by atoms with Crippen LogP contribution in [0, 0.1) is 0 Å². The quantitative estimate of drug-likeness (QED) is 0.793. The average Bonchev–Trinajstić information content (AvgIpc) is 2.48. The van der Waals surface area contributed by atoms with Crippen molar-refractivity contribution < 1.29 is 9.53 Å². The van der Waals surface area contributed by atoms with Crippen molar-refractivity contribution in [2.24, 2.45) is 0 Å². The molecule has 2 rings (SSSR count). The molecule has 110 valence electrons. The topological polar surface area (TPSA) is 62.4 Å². The molecule has 1 aromatic carbocycles. The lowest BCUT2D eigenvalue weighted by atomic mass is 10.2. The highest BCUT2D eigenvalue weighted by Gasteiger charge is 2.14. The van der Waals surface area contributed by atoms with Gasteiger partial charge in [-0.1, -0.05) is 35.3 Å². The van der Waals surface area contributed by atoms with Crippen LogP contribution in [0.3, 0.4) is 0 Å². The van der Waals surface area contributed by atoms with E-state index in [2.05, 4.69) is 16.0 Å². The highest BCUT2D eigenvalue weighted by molar-refractivity contribution is 6.42. The standard InChI is InChI=1S/C13H17Cl2N3O2/c14-11-3-1-2-9(12(11)15)6-17-13(19)18-8-10-7-16-4-5-20-10/h1-3,10,16H,4-8H2,(H2,17,18,19)/t10-/m0/s1. The molecule has 20 heavy (non-hydrogen) atoms. The molecule has 7 heteroatoms. The van der Waals surface area contributed by atoms with Crippen LogP contribution < -0.4 is 16.0 Å². The molecule has 1 fully saturated rings. The van der Waals surface area contributed by atoms with Gasteiger partial charge in [-0.15, -0.1) is 0 Å². The second-order valence-corrected chi connectivity index (χ2v) is 5.26. The van der Waals surface area contributed by atoms with Crippen LogP contribution in [-0.2, 0) is 11.3 Å². The molecule has 1 saturated heterocycles. The number of nitrogens with one attached hydrogen (secondary N) is 3. The summed E-state index contributed by atoms with van der Waals surface area (Å²) in [5, 5.41) is 9.65. The van der Waals surface area contributed by atoms with E-state index in [0.717, 1.165) is 18.7 Å². The van der Waals surface area contributed by atoms with Crippen molar-refractivity contribution in [1.29, 1.82) is 0 Å². The van der Waals surface area contributed by atoms with Gasteiger partial charge in [0.05, 0.1) is 22.8 Å². The number of halogens is 2. The predicted molar refractivity (Wildman–Crippen MR) is 79.3 cm³/mol. The first-order valence-electron chi connectivity index (χ1n) is 6.43. The molecule has 2 amide bonds. The third-order valence-electron chi connectivity index (χ3n) is 2.97. The number of ether oxygens (including phenoxy) is 1. The third kappa shape index (κ3) is 4.52. The van der Waals surface area contributed by atoms with Crippen LogP contribution in [0.4, 0.5) is 4.79 Å². The van der Waals surface area contributed by atoms with Crippen molar-refractivity contribution in [2.75, 3.05) is 26.2 Å². The lowest BCUT2D eigenvalue weighted by Gasteiger charge is -2.23. The Kier molecular flexibility index (Phi) is 5.91. The van der Waals surface area contributed by atoms with E-state index in [9.17, 15) is 4.79 Å². The molecule has 1 heterocycles. The first-order chi connectivity index (χ1) is 9.66. The Balaban J connectivity index is 1.73. The van der Waals surface area contributed by atoms with E-state index in [0.29, 0.717) is 29.7 Å². The van der Waals surface area contributed by atoms with Gasteiger partial charge in [-0.05, 0) is 11.6 Å². The number of hydrogen-bond acceptors (Lipinski definition) is 3. The highest BCUT2D eigenvalue weighted by atomic mass is 35.5. The van der Waals surface area contributed by atoms with E-state index < -0.39 is 0 Å².